The summed E-state index contributed by atoms with van der Waals surface area (Å²) in [6.45, 7) is 7.55. The van der Waals surface area contributed by atoms with Gasteiger partial charge in [-0.1, -0.05) is 13.8 Å². The number of carbonyl (C=O) groups is 2. The van der Waals surface area contributed by atoms with Crippen LogP contribution in [0, 0.1) is 12.3 Å². The lowest BCUT2D eigenvalue weighted by atomic mass is 9.85. The van der Waals surface area contributed by atoms with E-state index in [0.29, 0.717) is 0 Å². The van der Waals surface area contributed by atoms with E-state index in [1.54, 1.807) is 25.2 Å². The first kappa shape index (κ1) is 15.7. The second kappa shape index (κ2) is 6.19. The van der Waals surface area contributed by atoms with E-state index in [-0.39, 0.29) is 24.8 Å². The molecule has 0 fully saturated rings. The van der Waals surface area contributed by atoms with Crippen molar-refractivity contribution in [2.24, 2.45) is 5.41 Å². The van der Waals surface area contributed by atoms with Crippen LogP contribution in [0.2, 0.25) is 0 Å². The standard InChI is InChI=1S/C14H21NO3S/c1-9-5-6-11(19-9)10(2)15-12(16)7-14(3,4)8-13(17)18/h5-6,10H,7-8H2,1-4H3,(H,15,16)(H,17,18). The number of hydrogen-bond acceptors (Lipinski definition) is 3. The van der Waals surface area contributed by atoms with Crippen molar-refractivity contribution in [1.29, 1.82) is 0 Å². The highest BCUT2D eigenvalue weighted by Gasteiger charge is 2.26. The molecule has 1 unspecified atom stereocenters. The molecule has 0 aliphatic heterocycles. The van der Waals surface area contributed by atoms with Crippen molar-refractivity contribution in [3.05, 3.63) is 21.9 Å². The van der Waals surface area contributed by atoms with Crippen LogP contribution in [0.25, 0.3) is 0 Å². The topological polar surface area (TPSA) is 66.4 Å². The molecule has 1 aromatic rings. The summed E-state index contributed by atoms with van der Waals surface area (Å²) >= 11 is 1.66. The van der Waals surface area contributed by atoms with E-state index < -0.39 is 11.4 Å². The number of aliphatic carboxylic acids is 1. The van der Waals surface area contributed by atoms with Gasteiger partial charge in [-0.2, -0.15) is 0 Å². The van der Waals surface area contributed by atoms with Gasteiger partial charge < -0.3 is 10.4 Å². The zero-order valence-corrected chi connectivity index (χ0v) is 12.6. The molecule has 0 saturated carbocycles. The van der Waals surface area contributed by atoms with Gasteiger partial charge in [-0.25, -0.2) is 0 Å². The van der Waals surface area contributed by atoms with Gasteiger partial charge in [0, 0.05) is 16.2 Å². The van der Waals surface area contributed by atoms with Gasteiger partial charge in [-0.05, 0) is 31.4 Å². The predicted molar refractivity (Wildman–Crippen MR) is 76.3 cm³/mol. The second-order valence-electron chi connectivity index (χ2n) is 5.65. The van der Waals surface area contributed by atoms with Gasteiger partial charge in [0.25, 0.3) is 0 Å². The third-order valence-corrected chi connectivity index (χ3v) is 4.02. The Morgan fingerprint density at radius 2 is 2.00 bits per heavy atom. The Kier molecular flexibility index (Phi) is 5.11. The normalized spacial score (nSPS) is 13.1. The largest absolute Gasteiger partial charge is 0.481 e. The third kappa shape index (κ3) is 5.42. The van der Waals surface area contributed by atoms with E-state index in [2.05, 4.69) is 5.32 Å². The fourth-order valence-corrected chi connectivity index (χ4v) is 2.84. The van der Waals surface area contributed by atoms with Crippen LogP contribution in [0.5, 0.6) is 0 Å². The average Bonchev–Trinajstić information content (AvgIpc) is 2.61. The van der Waals surface area contributed by atoms with Gasteiger partial charge in [0.1, 0.15) is 0 Å². The smallest absolute Gasteiger partial charge is 0.303 e. The number of carboxylic acids is 1. The van der Waals surface area contributed by atoms with E-state index in [1.807, 2.05) is 26.0 Å². The molecule has 0 aliphatic carbocycles. The number of amides is 1. The molecule has 0 bridgehead atoms. The number of aryl methyl sites for hydroxylation is 1. The summed E-state index contributed by atoms with van der Waals surface area (Å²) in [5.74, 6) is -0.982. The summed E-state index contributed by atoms with van der Waals surface area (Å²) in [6, 6.07) is 4.00. The first-order chi connectivity index (χ1) is 8.69. The van der Waals surface area contributed by atoms with E-state index in [9.17, 15) is 9.59 Å². The van der Waals surface area contributed by atoms with Crippen molar-refractivity contribution >= 4 is 23.2 Å². The molecule has 2 N–H and O–H groups in total. The monoisotopic (exact) mass is 283 g/mol. The van der Waals surface area contributed by atoms with Crippen LogP contribution in [0.3, 0.4) is 0 Å². The number of carbonyl (C=O) groups excluding carboxylic acids is 1. The fraction of sp³-hybridized carbons (Fsp3) is 0.571. The number of rotatable bonds is 6. The molecule has 1 rings (SSSR count). The highest BCUT2D eigenvalue weighted by Crippen LogP contribution is 2.26. The van der Waals surface area contributed by atoms with Crippen LogP contribution in [0.4, 0.5) is 0 Å². The summed E-state index contributed by atoms with van der Waals surface area (Å²) in [4.78, 5) is 25.0. The third-order valence-electron chi connectivity index (χ3n) is 2.83. The molecule has 0 aromatic carbocycles. The zero-order valence-electron chi connectivity index (χ0n) is 11.8. The Balaban J connectivity index is 2.53. The lowest BCUT2D eigenvalue weighted by Gasteiger charge is -2.22. The molecule has 1 heterocycles. The van der Waals surface area contributed by atoms with Crippen LogP contribution in [-0.2, 0) is 9.59 Å². The SMILES string of the molecule is Cc1ccc(C(C)NC(=O)CC(C)(C)CC(=O)O)s1. The average molecular weight is 283 g/mol. The van der Waals surface area contributed by atoms with Crippen molar-refractivity contribution in [3.8, 4) is 0 Å². The van der Waals surface area contributed by atoms with E-state index in [0.717, 1.165) is 4.88 Å². The Labute approximate surface area is 117 Å². The van der Waals surface area contributed by atoms with Gasteiger partial charge in [0.05, 0.1) is 12.5 Å². The molecule has 0 saturated heterocycles. The van der Waals surface area contributed by atoms with E-state index in [1.165, 1.54) is 4.88 Å². The maximum Gasteiger partial charge on any atom is 0.303 e. The summed E-state index contributed by atoms with van der Waals surface area (Å²) in [5.41, 5.74) is -0.527. The van der Waals surface area contributed by atoms with Crippen molar-refractivity contribution in [3.63, 3.8) is 0 Å². The molecule has 19 heavy (non-hydrogen) atoms. The first-order valence-electron chi connectivity index (χ1n) is 6.27. The van der Waals surface area contributed by atoms with Gasteiger partial charge in [0.15, 0.2) is 0 Å². The van der Waals surface area contributed by atoms with E-state index >= 15 is 0 Å². The maximum absolute atomic E-state index is 11.9. The Hall–Kier alpha value is -1.36. The molecule has 0 aliphatic rings. The Bertz CT molecular complexity index is 465. The molecule has 1 amide bonds. The number of hydrogen-bond donors (Lipinski definition) is 2. The summed E-state index contributed by atoms with van der Waals surface area (Å²) in [5, 5.41) is 11.7. The predicted octanol–water partition coefficient (Wildman–Crippen LogP) is 3.12. The summed E-state index contributed by atoms with van der Waals surface area (Å²) in [7, 11) is 0. The van der Waals surface area contributed by atoms with Gasteiger partial charge in [-0.15, -0.1) is 11.3 Å². The molecular formula is C14H21NO3S. The minimum atomic E-state index is -0.875. The first-order valence-corrected chi connectivity index (χ1v) is 7.09. The molecule has 0 radical (unpaired) electrons. The van der Waals surface area contributed by atoms with Crippen molar-refractivity contribution < 1.29 is 14.7 Å². The molecule has 0 spiro atoms. The number of nitrogens with one attached hydrogen (secondary N) is 1. The van der Waals surface area contributed by atoms with Crippen molar-refractivity contribution in [2.75, 3.05) is 0 Å². The molecule has 4 nitrogen and oxygen atoms in total. The lowest BCUT2D eigenvalue weighted by molar-refractivity contribution is -0.139. The van der Waals surface area contributed by atoms with Crippen LogP contribution in [0.1, 0.15) is 49.4 Å². The Morgan fingerprint density at radius 1 is 1.37 bits per heavy atom. The van der Waals surface area contributed by atoms with Crippen LogP contribution >= 0.6 is 11.3 Å². The molecule has 1 atom stereocenters. The van der Waals surface area contributed by atoms with Gasteiger partial charge in [-0.3, -0.25) is 9.59 Å². The highest BCUT2D eigenvalue weighted by molar-refractivity contribution is 7.12. The van der Waals surface area contributed by atoms with Crippen LogP contribution in [-0.4, -0.2) is 17.0 Å². The minimum Gasteiger partial charge on any atom is -0.481 e. The maximum atomic E-state index is 11.9. The van der Waals surface area contributed by atoms with Crippen molar-refractivity contribution in [1.82, 2.24) is 5.32 Å². The van der Waals surface area contributed by atoms with E-state index in [4.69, 9.17) is 5.11 Å². The summed E-state index contributed by atoms with van der Waals surface area (Å²) < 4.78 is 0. The quantitative estimate of drug-likeness (QED) is 0.843. The second-order valence-corrected chi connectivity index (χ2v) is 6.97. The van der Waals surface area contributed by atoms with Crippen LogP contribution in [0.15, 0.2) is 12.1 Å². The van der Waals surface area contributed by atoms with Crippen molar-refractivity contribution in [2.45, 2.75) is 46.6 Å². The molecular weight excluding hydrogens is 262 g/mol. The number of thiophene rings is 1. The highest BCUT2D eigenvalue weighted by atomic mass is 32.1. The number of carboxylic acid groups (broad SMARTS) is 1. The molecule has 5 heteroatoms. The molecule has 1 aromatic heterocycles. The zero-order chi connectivity index (χ0) is 14.6. The van der Waals surface area contributed by atoms with Crippen LogP contribution < -0.4 is 5.32 Å². The van der Waals surface area contributed by atoms with Gasteiger partial charge >= 0.3 is 5.97 Å². The fourth-order valence-electron chi connectivity index (χ4n) is 1.96. The minimum absolute atomic E-state index is 0.00703. The lowest BCUT2D eigenvalue weighted by Crippen LogP contribution is -2.31. The summed E-state index contributed by atoms with van der Waals surface area (Å²) in [6.07, 6.45) is 0.209. The molecule has 106 valence electrons. The van der Waals surface area contributed by atoms with Gasteiger partial charge in [0.2, 0.25) is 5.91 Å². The Morgan fingerprint density at radius 3 is 2.47 bits per heavy atom.